The Morgan fingerprint density at radius 1 is 1.00 bits per heavy atom. The summed E-state index contributed by atoms with van der Waals surface area (Å²) >= 11 is 5.86. The average Bonchev–Trinajstić information content (AvgIpc) is 2.91. The summed E-state index contributed by atoms with van der Waals surface area (Å²) in [6.45, 7) is 4.09. The smallest absolute Gasteiger partial charge is 0.320 e. The van der Waals surface area contributed by atoms with E-state index < -0.39 is 0 Å². The Balaban J connectivity index is 1.83. The van der Waals surface area contributed by atoms with Crippen molar-refractivity contribution in [3.8, 4) is 11.5 Å². The van der Waals surface area contributed by atoms with Gasteiger partial charge in [0.05, 0.1) is 0 Å². The highest BCUT2D eigenvalue weighted by Crippen LogP contribution is 2.25. The van der Waals surface area contributed by atoms with Gasteiger partial charge in [0, 0.05) is 16.3 Å². The van der Waals surface area contributed by atoms with Gasteiger partial charge in [-0.3, -0.25) is 0 Å². The molecule has 0 amide bonds. The Kier molecular flexibility index (Phi) is 3.62. The summed E-state index contributed by atoms with van der Waals surface area (Å²) in [4.78, 5) is 0. The molecule has 3 aromatic rings. The van der Waals surface area contributed by atoms with Gasteiger partial charge in [-0.2, -0.15) is 0 Å². The first-order chi connectivity index (χ1) is 10.1. The highest BCUT2D eigenvalue weighted by Gasteiger charge is 2.09. The molecule has 1 heterocycles. The van der Waals surface area contributed by atoms with Crippen molar-refractivity contribution in [2.24, 2.45) is 0 Å². The SMILES string of the molecule is Cc1ccc(Nc2nnc(-c3ccc(Cl)cc3)o2)c(C)c1. The number of aryl methyl sites for hydroxylation is 2. The van der Waals surface area contributed by atoms with E-state index in [1.807, 2.05) is 31.2 Å². The van der Waals surface area contributed by atoms with E-state index in [9.17, 15) is 0 Å². The van der Waals surface area contributed by atoms with Gasteiger partial charge in [0.1, 0.15) is 0 Å². The van der Waals surface area contributed by atoms with Gasteiger partial charge < -0.3 is 9.73 Å². The first-order valence-electron chi connectivity index (χ1n) is 6.55. The normalized spacial score (nSPS) is 10.6. The second-order valence-electron chi connectivity index (χ2n) is 4.86. The molecule has 0 saturated heterocycles. The summed E-state index contributed by atoms with van der Waals surface area (Å²) < 4.78 is 5.62. The van der Waals surface area contributed by atoms with E-state index >= 15 is 0 Å². The molecule has 1 N–H and O–H groups in total. The van der Waals surface area contributed by atoms with Gasteiger partial charge >= 0.3 is 6.01 Å². The van der Waals surface area contributed by atoms with Crippen LogP contribution in [0.25, 0.3) is 11.5 Å². The summed E-state index contributed by atoms with van der Waals surface area (Å²) in [5, 5.41) is 11.9. The Bertz CT molecular complexity index is 765. The lowest BCUT2D eigenvalue weighted by molar-refractivity contribution is 0.587. The summed E-state index contributed by atoms with van der Waals surface area (Å²) in [6, 6.07) is 13.8. The number of halogens is 1. The van der Waals surface area contributed by atoms with E-state index in [0.717, 1.165) is 16.8 Å². The third kappa shape index (κ3) is 3.06. The minimum Gasteiger partial charge on any atom is -0.403 e. The fraction of sp³-hybridized carbons (Fsp3) is 0.125. The molecule has 1 aromatic heterocycles. The van der Waals surface area contributed by atoms with Crippen molar-refractivity contribution in [3.05, 3.63) is 58.6 Å². The Morgan fingerprint density at radius 2 is 1.76 bits per heavy atom. The number of aromatic nitrogens is 2. The molecule has 0 fully saturated rings. The third-order valence-electron chi connectivity index (χ3n) is 3.14. The molecule has 0 aliphatic heterocycles. The molecule has 3 rings (SSSR count). The van der Waals surface area contributed by atoms with Crippen LogP contribution in [0.15, 0.2) is 46.9 Å². The Morgan fingerprint density at radius 3 is 2.48 bits per heavy atom. The number of anilines is 2. The van der Waals surface area contributed by atoms with Crippen LogP contribution in [0.5, 0.6) is 0 Å². The molecule has 21 heavy (non-hydrogen) atoms. The topological polar surface area (TPSA) is 51.0 Å². The summed E-state index contributed by atoms with van der Waals surface area (Å²) in [6.07, 6.45) is 0. The van der Waals surface area contributed by atoms with Crippen LogP contribution in [-0.4, -0.2) is 10.2 Å². The first kappa shape index (κ1) is 13.6. The number of hydrogen-bond donors (Lipinski definition) is 1. The molecule has 0 aliphatic rings. The van der Waals surface area contributed by atoms with E-state index in [2.05, 4.69) is 28.5 Å². The highest BCUT2D eigenvalue weighted by atomic mass is 35.5. The average molecular weight is 300 g/mol. The van der Waals surface area contributed by atoms with Crippen LogP contribution in [-0.2, 0) is 0 Å². The van der Waals surface area contributed by atoms with Gasteiger partial charge in [-0.25, -0.2) is 0 Å². The minimum absolute atomic E-state index is 0.368. The molecule has 0 bridgehead atoms. The molecule has 0 radical (unpaired) electrons. The standard InChI is InChI=1S/C16H14ClN3O/c1-10-3-8-14(11(2)9-10)18-16-20-19-15(21-16)12-4-6-13(17)7-5-12/h3-9H,1-2H3,(H,18,20). The molecule has 0 atom stereocenters. The molecule has 0 aliphatic carbocycles. The van der Waals surface area contributed by atoms with Crippen LogP contribution in [0.3, 0.4) is 0 Å². The van der Waals surface area contributed by atoms with E-state index in [0.29, 0.717) is 16.9 Å². The lowest BCUT2D eigenvalue weighted by atomic mass is 10.1. The largest absolute Gasteiger partial charge is 0.403 e. The van der Waals surface area contributed by atoms with Gasteiger partial charge in [-0.05, 0) is 49.7 Å². The Labute approximate surface area is 127 Å². The van der Waals surface area contributed by atoms with Crippen LogP contribution >= 0.6 is 11.6 Å². The van der Waals surface area contributed by atoms with Crippen LogP contribution in [0, 0.1) is 13.8 Å². The fourth-order valence-electron chi connectivity index (χ4n) is 2.05. The molecule has 4 nitrogen and oxygen atoms in total. The fourth-order valence-corrected chi connectivity index (χ4v) is 2.18. The van der Waals surface area contributed by atoms with Gasteiger partial charge in [-0.1, -0.05) is 34.4 Å². The van der Waals surface area contributed by atoms with Crippen LogP contribution in [0.1, 0.15) is 11.1 Å². The lowest BCUT2D eigenvalue weighted by Gasteiger charge is -2.06. The third-order valence-corrected chi connectivity index (χ3v) is 3.39. The zero-order valence-electron chi connectivity index (χ0n) is 11.7. The Hall–Kier alpha value is -2.33. The maximum absolute atomic E-state index is 5.86. The molecule has 5 heteroatoms. The van der Waals surface area contributed by atoms with E-state index in [1.165, 1.54) is 5.56 Å². The van der Waals surface area contributed by atoms with Crippen LogP contribution in [0.2, 0.25) is 5.02 Å². The van der Waals surface area contributed by atoms with Crippen molar-refractivity contribution in [3.63, 3.8) is 0 Å². The number of hydrogen-bond acceptors (Lipinski definition) is 4. The number of nitrogens with zero attached hydrogens (tertiary/aromatic N) is 2. The van der Waals surface area contributed by atoms with E-state index in [-0.39, 0.29) is 0 Å². The minimum atomic E-state index is 0.368. The molecule has 0 saturated carbocycles. The summed E-state index contributed by atoms with van der Waals surface area (Å²) in [7, 11) is 0. The van der Waals surface area contributed by atoms with Crippen molar-refractivity contribution in [1.82, 2.24) is 10.2 Å². The van der Waals surface area contributed by atoms with E-state index in [4.69, 9.17) is 16.0 Å². The molecular formula is C16H14ClN3O. The van der Waals surface area contributed by atoms with Crippen LogP contribution < -0.4 is 5.32 Å². The van der Waals surface area contributed by atoms with E-state index in [1.54, 1.807) is 12.1 Å². The molecule has 2 aromatic carbocycles. The monoisotopic (exact) mass is 299 g/mol. The maximum Gasteiger partial charge on any atom is 0.320 e. The van der Waals surface area contributed by atoms with Crippen molar-refractivity contribution < 1.29 is 4.42 Å². The zero-order valence-corrected chi connectivity index (χ0v) is 12.5. The summed E-state index contributed by atoms with van der Waals surface area (Å²) in [5.41, 5.74) is 4.12. The second-order valence-corrected chi connectivity index (χ2v) is 5.30. The summed E-state index contributed by atoms with van der Waals surface area (Å²) in [5.74, 6) is 0.457. The highest BCUT2D eigenvalue weighted by molar-refractivity contribution is 6.30. The molecular weight excluding hydrogens is 286 g/mol. The zero-order chi connectivity index (χ0) is 14.8. The number of benzene rings is 2. The quantitative estimate of drug-likeness (QED) is 0.758. The molecule has 0 spiro atoms. The van der Waals surface area contributed by atoms with Crippen LogP contribution in [0.4, 0.5) is 11.7 Å². The molecule has 0 unspecified atom stereocenters. The van der Waals surface area contributed by atoms with Crippen molar-refractivity contribution in [2.75, 3.05) is 5.32 Å². The lowest BCUT2D eigenvalue weighted by Crippen LogP contribution is -1.93. The van der Waals surface area contributed by atoms with Gasteiger partial charge in [-0.15, -0.1) is 5.10 Å². The first-order valence-corrected chi connectivity index (χ1v) is 6.93. The predicted octanol–water partition coefficient (Wildman–Crippen LogP) is 4.75. The van der Waals surface area contributed by atoms with Gasteiger partial charge in [0.2, 0.25) is 5.89 Å². The molecule has 106 valence electrons. The predicted molar refractivity (Wildman–Crippen MR) is 83.9 cm³/mol. The van der Waals surface area contributed by atoms with Crippen molar-refractivity contribution in [2.45, 2.75) is 13.8 Å². The second kappa shape index (κ2) is 5.58. The van der Waals surface area contributed by atoms with Crippen molar-refractivity contribution >= 4 is 23.3 Å². The van der Waals surface area contributed by atoms with Gasteiger partial charge in [0.15, 0.2) is 0 Å². The van der Waals surface area contributed by atoms with Gasteiger partial charge in [0.25, 0.3) is 0 Å². The number of nitrogens with one attached hydrogen (secondary N) is 1. The van der Waals surface area contributed by atoms with Crippen molar-refractivity contribution in [1.29, 1.82) is 0 Å². The number of rotatable bonds is 3. The maximum atomic E-state index is 5.86.